The van der Waals surface area contributed by atoms with E-state index in [1.54, 1.807) is 6.92 Å². The monoisotopic (exact) mass is 328 g/mol. The number of Topliss-reactive ketones (excluding diaryl/α,β-unsaturated/α-hetero) is 1. The van der Waals surface area contributed by atoms with Crippen molar-refractivity contribution >= 4 is 35.0 Å². The first kappa shape index (κ1) is 19.7. The quantitative estimate of drug-likeness (QED) is 0.328. The molecule has 0 aliphatic rings. The van der Waals surface area contributed by atoms with Crippen molar-refractivity contribution in [3.63, 3.8) is 0 Å². The van der Waals surface area contributed by atoms with E-state index in [0.717, 1.165) is 0 Å². The summed E-state index contributed by atoms with van der Waals surface area (Å²) in [7, 11) is 0. The van der Waals surface area contributed by atoms with Crippen LogP contribution in [-0.4, -0.2) is 35.8 Å². The van der Waals surface area contributed by atoms with Gasteiger partial charge < -0.3 is 4.74 Å². The lowest BCUT2D eigenvalue weighted by Gasteiger charge is -2.28. The van der Waals surface area contributed by atoms with Gasteiger partial charge >= 0.3 is 5.97 Å². The normalized spacial score (nSPS) is 13.1. The fourth-order valence-electron chi connectivity index (χ4n) is 2.10. The zero-order valence-electron chi connectivity index (χ0n) is 12.1. The second kappa shape index (κ2) is 10.4. The van der Waals surface area contributed by atoms with Crippen molar-refractivity contribution in [3.05, 3.63) is 0 Å². The maximum atomic E-state index is 14.9. The Labute approximate surface area is 130 Å². The van der Waals surface area contributed by atoms with E-state index in [1.807, 2.05) is 0 Å². The third-order valence-electron chi connectivity index (χ3n) is 3.15. The standard InChI is InChI=1S/C14H23Cl2FO3/c1-3-20-13(19)12(11(2)18)10-14(17,6-4-8-15)7-5-9-16/h12H,3-10H2,1-2H3. The number of alkyl halides is 3. The van der Waals surface area contributed by atoms with Crippen molar-refractivity contribution in [2.45, 2.75) is 51.6 Å². The molecule has 0 heterocycles. The molecule has 1 unspecified atom stereocenters. The summed E-state index contributed by atoms with van der Waals surface area (Å²) in [6.07, 6.45) is 1.27. The molecule has 0 spiro atoms. The van der Waals surface area contributed by atoms with Crippen LogP contribution in [0.5, 0.6) is 0 Å². The molecule has 0 aliphatic carbocycles. The van der Waals surface area contributed by atoms with E-state index in [9.17, 15) is 14.0 Å². The van der Waals surface area contributed by atoms with Crippen LogP contribution in [0.15, 0.2) is 0 Å². The summed E-state index contributed by atoms with van der Waals surface area (Å²) >= 11 is 11.2. The zero-order valence-corrected chi connectivity index (χ0v) is 13.6. The smallest absolute Gasteiger partial charge is 0.316 e. The minimum absolute atomic E-state index is 0.158. The van der Waals surface area contributed by atoms with Gasteiger partial charge in [0.2, 0.25) is 0 Å². The largest absolute Gasteiger partial charge is 0.465 e. The van der Waals surface area contributed by atoms with E-state index in [0.29, 0.717) is 24.6 Å². The van der Waals surface area contributed by atoms with Crippen LogP contribution in [0.25, 0.3) is 0 Å². The fourth-order valence-corrected chi connectivity index (χ4v) is 2.37. The zero-order chi connectivity index (χ0) is 15.6. The highest BCUT2D eigenvalue weighted by molar-refractivity contribution is 6.18. The lowest BCUT2D eigenvalue weighted by molar-refractivity contribution is -0.153. The van der Waals surface area contributed by atoms with Crippen LogP contribution >= 0.6 is 23.2 Å². The topological polar surface area (TPSA) is 43.4 Å². The van der Waals surface area contributed by atoms with Crippen LogP contribution in [0.4, 0.5) is 4.39 Å². The summed E-state index contributed by atoms with van der Waals surface area (Å²) in [5, 5.41) is 0. The van der Waals surface area contributed by atoms with Gasteiger partial charge in [0.25, 0.3) is 0 Å². The van der Waals surface area contributed by atoms with Crippen LogP contribution in [0.2, 0.25) is 0 Å². The van der Waals surface area contributed by atoms with Gasteiger partial charge in [-0.15, -0.1) is 23.2 Å². The molecule has 0 aromatic rings. The van der Waals surface area contributed by atoms with E-state index >= 15 is 0 Å². The molecule has 6 heteroatoms. The van der Waals surface area contributed by atoms with E-state index < -0.39 is 17.6 Å². The van der Waals surface area contributed by atoms with Gasteiger partial charge in [0, 0.05) is 18.2 Å². The third kappa shape index (κ3) is 7.44. The molecule has 1 atom stereocenters. The summed E-state index contributed by atoms with van der Waals surface area (Å²) in [4.78, 5) is 23.3. The van der Waals surface area contributed by atoms with Gasteiger partial charge in [-0.2, -0.15) is 0 Å². The van der Waals surface area contributed by atoms with E-state index in [4.69, 9.17) is 27.9 Å². The molecule has 0 radical (unpaired) electrons. The van der Waals surface area contributed by atoms with Crippen LogP contribution in [0.3, 0.4) is 0 Å². The molecule has 0 amide bonds. The molecule has 118 valence electrons. The Morgan fingerprint density at radius 2 is 1.70 bits per heavy atom. The van der Waals surface area contributed by atoms with Crippen LogP contribution in [-0.2, 0) is 14.3 Å². The highest BCUT2D eigenvalue weighted by Gasteiger charge is 2.37. The Kier molecular flexibility index (Phi) is 10.2. The summed E-state index contributed by atoms with van der Waals surface area (Å²) < 4.78 is 19.7. The van der Waals surface area contributed by atoms with Gasteiger partial charge in [-0.1, -0.05) is 0 Å². The maximum absolute atomic E-state index is 14.9. The predicted octanol–water partition coefficient (Wildman–Crippen LogP) is 3.89. The molecule has 0 saturated heterocycles. The lowest BCUT2D eigenvalue weighted by atomic mass is 9.83. The van der Waals surface area contributed by atoms with Gasteiger partial charge in [-0.05, 0) is 39.5 Å². The minimum atomic E-state index is -1.60. The molecule has 0 rings (SSSR count). The molecule has 0 aromatic carbocycles. The number of carbonyl (C=O) groups is 2. The van der Waals surface area contributed by atoms with Gasteiger partial charge in [-0.25, -0.2) is 4.39 Å². The third-order valence-corrected chi connectivity index (χ3v) is 3.68. The molecule has 0 N–H and O–H groups in total. The van der Waals surface area contributed by atoms with E-state index in [1.165, 1.54) is 6.92 Å². The number of carbonyl (C=O) groups excluding carboxylic acids is 2. The molecule has 0 fully saturated rings. The Morgan fingerprint density at radius 1 is 1.20 bits per heavy atom. The summed E-state index contributed by atoms with van der Waals surface area (Å²) in [6, 6.07) is 0. The van der Waals surface area contributed by atoms with Crippen molar-refractivity contribution in [1.82, 2.24) is 0 Å². The number of halogens is 3. The van der Waals surface area contributed by atoms with Gasteiger partial charge in [0.1, 0.15) is 17.4 Å². The number of ether oxygens (including phenoxy) is 1. The Bertz CT molecular complexity index is 303. The molecule has 0 saturated carbocycles. The number of hydrogen-bond acceptors (Lipinski definition) is 3. The highest BCUT2D eigenvalue weighted by Crippen LogP contribution is 2.33. The number of ketones is 1. The molecule has 3 nitrogen and oxygen atoms in total. The molecule has 20 heavy (non-hydrogen) atoms. The van der Waals surface area contributed by atoms with Crippen molar-refractivity contribution in [2.24, 2.45) is 5.92 Å². The summed E-state index contributed by atoms with van der Waals surface area (Å²) in [5.41, 5.74) is -1.60. The molecule has 0 aromatic heterocycles. The van der Waals surface area contributed by atoms with Crippen molar-refractivity contribution in [2.75, 3.05) is 18.4 Å². The van der Waals surface area contributed by atoms with Crippen LogP contribution < -0.4 is 0 Å². The average molecular weight is 329 g/mol. The first-order chi connectivity index (χ1) is 9.40. The number of hydrogen-bond donors (Lipinski definition) is 0. The lowest BCUT2D eigenvalue weighted by Crippen LogP contribution is -2.34. The molecular formula is C14H23Cl2FO3. The first-order valence-electron chi connectivity index (χ1n) is 6.88. The minimum Gasteiger partial charge on any atom is -0.465 e. The summed E-state index contributed by atoms with van der Waals surface area (Å²) in [5.74, 6) is -1.39. The van der Waals surface area contributed by atoms with Gasteiger partial charge in [0.15, 0.2) is 0 Å². The average Bonchev–Trinajstić information content (AvgIpc) is 2.40. The number of rotatable bonds is 11. The van der Waals surface area contributed by atoms with Gasteiger partial charge in [-0.3, -0.25) is 9.59 Å². The van der Waals surface area contributed by atoms with E-state index in [-0.39, 0.29) is 31.7 Å². The predicted molar refractivity (Wildman–Crippen MR) is 79.2 cm³/mol. The highest BCUT2D eigenvalue weighted by atomic mass is 35.5. The fraction of sp³-hybridized carbons (Fsp3) is 0.857. The van der Waals surface area contributed by atoms with Crippen molar-refractivity contribution < 1.29 is 18.7 Å². The second-order valence-electron chi connectivity index (χ2n) is 4.86. The SMILES string of the molecule is CCOC(=O)C(CC(F)(CCCCl)CCCCl)C(C)=O. The molecule has 0 aliphatic heterocycles. The Balaban J connectivity index is 4.86. The van der Waals surface area contributed by atoms with Crippen molar-refractivity contribution in [3.8, 4) is 0 Å². The maximum Gasteiger partial charge on any atom is 0.316 e. The second-order valence-corrected chi connectivity index (χ2v) is 5.61. The van der Waals surface area contributed by atoms with Gasteiger partial charge in [0.05, 0.1) is 6.61 Å². The summed E-state index contributed by atoms with van der Waals surface area (Å²) in [6.45, 7) is 3.11. The molecule has 0 bridgehead atoms. The van der Waals surface area contributed by atoms with E-state index in [2.05, 4.69) is 0 Å². The molecular weight excluding hydrogens is 306 g/mol. The Morgan fingerprint density at radius 3 is 2.05 bits per heavy atom. The van der Waals surface area contributed by atoms with Crippen molar-refractivity contribution in [1.29, 1.82) is 0 Å². The van der Waals surface area contributed by atoms with Crippen LogP contribution in [0.1, 0.15) is 46.0 Å². The Hall–Kier alpha value is -0.350. The first-order valence-corrected chi connectivity index (χ1v) is 7.95. The van der Waals surface area contributed by atoms with Crippen LogP contribution in [0, 0.1) is 5.92 Å². The number of esters is 1.